The van der Waals surface area contributed by atoms with Crippen LogP contribution < -0.4 is 25.0 Å². The van der Waals surface area contributed by atoms with Gasteiger partial charge in [0.15, 0.2) is 11.5 Å². The summed E-state index contributed by atoms with van der Waals surface area (Å²) in [6.45, 7) is 2.53. The molecule has 2 amide bonds. The van der Waals surface area contributed by atoms with Crippen LogP contribution >= 0.6 is 0 Å². The van der Waals surface area contributed by atoms with Gasteiger partial charge in [-0.1, -0.05) is 12.1 Å². The number of hydrogen-bond donors (Lipinski definition) is 2. The Labute approximate surface area is 162 Å². The van der Waals surface area contributed by atoms with Crippen molar-refractivity contribution in [3.05, 3.63) is 48.2 Å². The van der Waals surface area contributed by atoms with Crippen molar-refractivity contribution in [3.63, 3.8) is 0 Å². The summed E-state index contributed by atoms with van der Waals surface area (Å²) in [6.07, 6.45) is 2.09. The van der Waals surface area contributed by atoms with Gasteiger partial charge in [-0.25, -0.2) is 4.98 Å². The van der Waals surface area contributed by atoms with E-state index in [4.69, 9.17) is 9.47 Å². The Bertz CT molecular complexity index is 856. The number of hydrogen-bond acceptors (Lipinski definition) is 6. The molecule has 1 fully saturated rings. The molecule has 1 aromatic carbocycles. The van der Waals surface area contributed by atoms with Crippen molar-refractivity contribution in [1.82, 2.24) is 15.6 Å². The molecule has 1 atom stereocenters. The maximum Gasteiger partial charge on any atom is 0.252 e. The van der Waals surface area contributed by atoms with Crippen molar-refractivity contribution < 1.29 is 19.1 Å². The maximum absolute atomic E-state index is 12.3. The number of rotatable bonds is 5. The van der Waals surface area contributed by atoms with Crippen molar-refractivity contribution >= 4 is 17.6 Å². The van der Waals surface area contributed by atoms with Crippen LogP contribution in [0.5, 0.6) is 11.5 Å². The Morgan fingerprint density at radius 2 is 2.11 bits per heavy atom. The van der Waals surface area contributed by atoms with Crippen molar-refractivity contribution in [3.8, 4) is 11.5 Å². The number of pyridine rings is 1. The number of ether oxygens (including phenoxy) is 2. The van der Waals surface area contributed by atoms with E-state index in [1.165, 1.54) is 6.20 Å². The predicted octanol–water partition coefficient (Wildman–Crippen LogP) is 0.978. The number of nitrogens with zero attached hydrogens (tertiary/aromatic N) is 2. The molecule has 1 aromatic heterocycles. The van der Waals surface area contributed by atoms with Gasteiger partial charge in [0.2, 0.25) is 5.91 Å². The number of carbonyl (C=O) groups excluding carboxylic acids is 2. The first-order valence-electron chi connectivity index (χ1n) is 9.33. The Kier molecular flexibility index (Phi) is 5.27. The van der Waals surface area contributed by atoms with Gasteiger partial charge in [0, 0.05) is 32.3 Å². The second-order valence-corrected chi connectivity index (χ2v) is 6.72. The van der Waals surface area contributed by atoms with Gasteiger partial charge in [-0.3, -0.25) is 9.59 Å². The van der Waals surface area contributed by atoms with Crippen LogP contribution in [0.1, 0.15) is 16.8 Å². The summed E-state index contributed by atoms with van der Waals surface area (Å²) in [5, 5.41) is 5.66. The number of aromatic nitrogens is 1. The van der Waals surface area contributed by atoms with Gasteiger partial charge >= 0.3 is 0 Å². The van der Waals surface area contributed by atoms with Crippen LogP contribution in [0.15, 0.2) is 42.6 Å². The third-order valence-electron chi connectivity index (χ3n) is 4.69. The SMILES string of the molecule is O=C1CN(c2ccc(C(=O)NCCC3COc4ccccc4O3)cn2)CCN1. The van der Waals surface area contributed by atoms with Gasteiger partial charge in [0.05, 0.1) is 12.1 Å². The van der Waals surface area contributed by atoms with Crippen molar-refractivity contribution in [2.24, 2.45) is 0 Å². The fourth-order valence-corrected chi connectivity index (χ4v) is 3.20. The molecule has 8 nitrogen and oxygen atoms in total. The molecule has 0 bridgehead atoms. The van der Waals surface area contributed by atoms with Crippen LogP contribution in [0.2, 0.25) is 0 Å². The quantitative estimate of drug-likeness (QED) is 0.801. The van der Waals surface area contributed by atoms with E-state index >= 15 is 0 Å². The lowest BCUT2D eigenvalue weighted by Crippen LogP contribution is -2.48. The summed E-state index contributed by atoms with van der Waals surface area (Å²) >= 11 is 0. The van der Waals surface area contributed by atoms with Crippen LogP contribution in [0.4, 0.5) is 5.82 Å². The van der Waals surface area contributed by atoms with Gasteiger partial charge in [0.25, 0.3) is 5.91 Å². The molecule has 146 valence electrons. The van der Waals surface area contributed by atoms with E-state index in [1.54, 1.807) is 12.1 Å². The smallest absolute Gasteiger partial charge is 0.252 e. The van der Waals surface area contributed by atoms with Crippen LogP contribution in [0.3, 0.4) is 0 Å². The molecule has 0 aliphatic carbocycles. The Morgan fingerprint density at radius 1 is 1.25 bits per heavy atom. The Morgan fingerprint density at radius 3 is 2.89 bits per heavy atom. The minimum absolute atomic E-state index is 0.0218. The molecule has 1 unspecified atom stereocenters. The molecule has 2 aromatic rings. The lowest BCUT2D eigenvalue weighted by atomic mass is 10.2. The Hall–Kier alpha value is -3.29. The van der Waals surface area contributed by atoms with Crippen molar-refractivity contribution in [2.45, 2.75) is 12.5 Å². The maximum atomic E-state index is 12.3. The minimum atomic E-state index is -0.187. The summed E-state index contributed by atoms with van der Waals surface area (Å²) in [4.78, 5) is 30.0. The molecular formula is C20H22N4O4. The Balaban J connectivity index is 1.26. The molecule has 1 saturated heterocycles. The van der Waals surface area contributed by atoms with Gasteiger partial charge < -0.3 is 25.0 Å². The average Bonchev–Trinajstić information content (AvgIpc) is 2.74. The fraction of sp³-hybridized carbons (Fsp3) is 0.350. The summed E-state index contributed by atoms with van der Waals surface area (Å²) in [6, 6.07) is 11.0. The van der Waals surface area contributed by atoms with Crippen LogP contribution in [0.25, 0.3) is 0 Å². The number of benzene rings is 1. The van der Waals surface area contributed by atoms with E-state index in [0.29, 0.717) is 44.0 Å². The first-order valence-corrected chi connectivity index (χ1v) is 9.33. The third kappa shape index (κ3) is 4.16. The molecule has 8 heteroatoms. The van der Waals surface area contributed by atoms with Crippen molar-refractivity contribution in [1.29, 1.82) is 0 Å². The third-order valence-corrected chi connectivity index (χ3v) is 4.69. The molecule has 0 saturated carbocycles. The first kappa shape index (κ1) is 18.1. The monoisotopic (exact) mass is 382 g/mol. The highest BCUT2D eigenvalue weighted by Gasteiger charge is 2.21. The molecule has 2 aliphatic rings. The largest absolute Gasteiger partial charge is 0.486 e. The van der Waals surface area contributed by atoms with E-state index < -0.39 is 0 Å². The number of nitrogens with one attached hydrogen (secondary N) is 2. The molecular weight excluding hydrogens is 360 g/mol. The highest BCUT2D eigenvalue weighted by molar-refractivity contribution is 5.94. The number of amides is 2. The summed E-state index contributed by atoms with van der Waals surface area (Å²) in [7, 11) is 0. The van der Waals surface area contributed by atoms with E-state index in [0.717, 1.165) is 11.5 Å². The number of fused-ring (bicyclic) bond motifs is 1. The predicted molar refractivity (Wildman–Crippen MR) is 103 cm³/mol. The number of piperazine rings is 1. The lowest BCUT2D eigenvalue weighted by Gasteiger charge is -2.27. The molecule has 0 spiro atoms. The van der Waals surface area contributed by atoms with Crippen LogP contribution in [-0.4, -0.2) is 55.7 Å². The normalized spacial score (nSPS) is 18.4. The second-order valence-electron chi connectivity index (χ2n) is 6.72. The minimum Gasteiger partial charge on any atom is -0.486 e. The summed E-state index contributed by atoms with van der Waals surface area (Å²) in [5.41, 5.74) is 0.483. The molecule has 3 heterocycles. The van der Waals surface area contributed by atoms with Gasteiger partial charge in [0.1, 0.15) is 18.5 Å². The molecule has 4 rings (SSSR count). The topological polar surface area (TPSA) is 92.8 Å². The zero-order chi connectivity index (χ0) is 19.3. The zero-order valence-corrected chi connectivity index (χ0v) is 15.4. The van der Waals surface area contributed by atoms with Gasteiger partial charge in [-0.2, -0.15) is 0 Å². The standard InChI is InChI=1S/C20H22N4O4/c25-19-12-24(10-9-21-19)18-6-5-14(11-23-18)20(26)22-8-7-15-13-27-16-3-1-2-4-17(16)28-15/h1-6,11,15H,7-10,12-13H2,(H,21,25)(H,22,26). The van der Waals surface area contributed by atoms with Gasteiger partial charge in [-0.15, -0.1) is 0 Å². The molecule has 0 radical (unpaired) electrons. The zero-order valence-electron chi connectivity index (χ0n) is 15.4. The van der Waals surface area contributed by atoms with Gasteiger partial charge in [-0.05, 0) is 24.3 Å². The van der Waals surface area contributed by atoms with E-state index in [2.05, 4.69) is 15.6 Å². The van der Waals surface area contributed by atoms with E-state index in [1.807, 2.05) is 29.2 Å². The van der Waals surface area contributed by atoms with Crippen LogP contribution in [-0.2, 0) is 4.79 Å². The highest BCUT2D eigenvalue weighted by atomic mass is 16.6. The first-order chi connectivity index (χ1) is 13.7. The highest BCUT2D eigenvalue weighted by Crippen LogP contribution is 2.31. The van der Waals surface area contributed by atoms with E-state index in [-0.39, 0.29) is 24.5 Å². The van der Waals surface area contributed by atoms with E-state index in [9.17, 15) is 9.59 Å². The molecule has 28 heavy (non-hydrogen) atoms. The lowest BCUT2D eigenvalue weighted by molar-refractivity contribution is -0.120. The fourth-order valence-electron chi connectivity index (χ4n) is 3.20. The number of carbonyl (C=O) groups is 2. The van der Waals surface area contributed by atoms with Crippen LogP contribution in [0, 0.1) is 0 Å². The summed E-state index contributed by atoms with van der Waals surface area (Å²) < 4.78 is 11.6. The number of para-hydroxylation sites is 2. The average molecular weight is 382 g/mol. The second kappa shape index (κ2) is 8.16. The molecule has 2 aliphatic heterocycles. The number of anilines is 1. The molecule has 2 N–H and O–H groups in total. The van der Waals surface area contributed by atoms with Crippen molar-refractivity contribution in [2.75, 3.05) is 37.7 Å². The summed E-state index contributed by atoms with van der Waals surface area (Å²) in [5.74, 6) is 1.97.